The van der Waals surface area contributed by atoms with Crippen LogP contribution in [0.3, 0.4) is 0 Å². The molecular formula is C24H40IN3O3. The number of hydrogen-bond donors (Lipinski definition) is 1. The average molecular weight is 546 g/mol. The zero-order chi connectivity index (χ0) is 21.2. The Morgan fingerprint density at radius 3 is 2.68 bits per heavy atom. The summed E-state index contributed by atoms with van der Waals surface area (Å²) in [5.41, 5.74) is 1.21. The van der Waals surface area contributed by atoms with Gasteiger partial charge in [-0.25, -0.2) is 0 Å². The molecule has 3 rings (SSSR count). The van der Waals surface area contributed by atoms with Crippen LogP contribution in [0, 0.1) is 0 Å². The first-order valence-electron chi connectivity index (χ1n) is 11.6. The smallest absolute Gasteiger partial charge is 0.193 e. The molecule has 0 radical (unpaired) electrons. The number of aliphatic imine (C=N–C) groups is 1. The van der Waals surface area contributed by atoms with Crippen molar-refractivity contribution in [2.75, 3.05) is 46.5 Å². The number of benzene rings is 1. The fourth-order valence-electron chi connectivity index (χ4n) is 4.24. The molecule has 2 unspecified atom stereocenters. The van der Waals surface area contributed by atoms with E-state index in [0.717, 1.165) is 70.4 Å². The molecule has 2 fully saturated rings. The molecule has 0 saturated carbocycles. The minimum absolute atomic E-state index is 0. The number of guanidine groups is 1. The van der Waals surface area contributed by atoms with Crippen LogP contribution >= 0.6 is 24.0 Å². The second-order valence-corrected chi connectivity index (χ2v) is 8.35. The van der Waals surface area contributed by atoms with Crippen molar-refractivity contribution in [1.29, 1.82) is 0 Å². The summed E-state index contributed by atoms with van der Waals surface area (Å²) in [6.45, 7) is 9.53. The number of ether oxygens (including phenoxy) is 3. The number of methoxy groups -OCH3 is 1. The molecule has 2 saturated heterocycles. The molecule has 2 atom stereocenters. The largest absolute Gasteiger partial charge is 0.496 e. The normalized spacial score (nSPS) is 21.3. The van der Waals surface area contributed by atoms with Gasteiger partial charge in [0.15, 0.2) is 5.96 Å². The monoisotopic (exact) mass is 545 g/mol. The second-order valence-electron chi connectivity index (χ2n) is 8.35. The van der Waals surface area contributed by atoms with Crippen molar-refractivity contribution in [2.24, 2.45) is 4.99 Å². The van der Waals surface area contributed by atoms with E-state index in [0.29, 0.717) is 18.1 Å². The molecule has 0 bridgehead atoms. The van der Waals surface area contributed by atoms with Gasteiger partial charge in [-0.3, -0.25) is 4.99 Å². The summed E-state index contributed by atoms with van der Waals surface area (Å²) in [5, 5.41) is 3.47. The van der Waals surface area contributed by atoms with E-state index in [1.54, 1.807) is 7.11 Å². The second kappa shape index (κ2) is 14.2. The Hall–Kier alpha value is -1.06. The molecule has 0 aromatic heterocycles. The number of nitrogens with one attached hydrogen (secondary N) is 1. The van der Waals surface area contributed by atoms with Crippen molar-refractivity contribution in [3.63, 3.8) is 0 Å². The molecule has 176 valence electrons. The predicted molar refractivity (Wildman–Crippen MR) is 137 cm³/mol. The van der Waals surface area contributed by atoms with Crippen LogP contribution in [0.1, 0.15) is 57.4 Å². The first-order valence-corrected chi connectivity index (χ1v) is 11.6. The summed E-state index contributed by atoms with van der Waals surface area (Å²) in [5.74, 6) is 2.24. The highest BCUT2D eigenvalue weighted by molar-refractivity contribution is 14.0. The maximum Gasteiger partial charge on any atom is 0.193 e. The molecule has 1 aromatic carbocycles. The van der Waals surface area contributed by atoms with Crippen LogP contribution in [0.5, 0.6) is 5.75 Å². The Morgan fingerprint density at radius 1 is 1.23 bits per heavy atom. The summed E-state index contributed by atoms with van der Waals surface area (Å²) >= 11 is 0. The number of nitrogens with zero attached hydrogens (tertiary/aromatic N) is 2. The molecule has 7 heteroatoms. The molecule has 6 nitrogen and oxygen atoms in total. The highest BCUT2D eigenvalue weighted by Gasteiger charge is 2.24. The van der Waals surface area contributed by atoms with Crippen LogP contribution in [-0.4, -0.2) is 69.6 Å². The third-order valence-corrected chi connectivity index (χ3v) is 6.05. The van der Waals surface area contributed by atoms with Crippen molar-refractivity contribution >= 4 is 29.9 Å². The van der Waals surface area contributed by atoms with Gasteiger partial charge < -0.3 is 24.4 Å². The number of rotatable bonds is 8. The zero-order valence-corrected chi connectivity index (χ0v) is 21.7. The van der Waals surface area contributed by atoms with Gasteiger partial charge in [0.1, 0.15) is 5.75 Å². The van der Waals surface area contributed by atoms with Crippen LogP contribution in [0.15, 0.2) is 29.3 Å². The maximum atomic E-state index is 6.17. The number of halogens is 1. The SMILES string of the molecule is CCNC(=NCC(C)c1ccccc1OC)N1CCC(OCC2CCCCO2)CC1.I. The van der Waals surface area contributed by atoms with E-state index in [1.165, 1.54) is 18.4 Å². The van der Waals surface area contributed by atoms with Crippen LogP contribution in [-0.2, 0) is 9.47 Å². The van der Waals surface area contributed by atoms with Gasteiger partial charge in [0.2, 0.25) is 0 Å². The lowest BCUT2D eigenvalue weighted by Gasteiger charge is -2.35. The fourth-order valence-corrected chi connectivity index (χ4v) is 4.24. The molecule has 2 aliphatic heterocycles. The standard InChI is InChI=1S/C24H39N3O3.HI/c1-4-25-24(26-17-19(2)22-10-5-6-11-23(22)28-3)27-14-12-20(13-15-27)30-18-21-9-7-8-16-29-21;/h5-6,10-11,19-21H,4,7-9,12-18H2,1-3H3,(H,25,26);1H. The van der Waals surface area contributed by atoms with Crippen molar-refractivity contribution in [3.8, 4) is 5.75 Å². The molecule has 1 aromatic rings. The number of piperidine rings is 1. The Kier molecular flexibility index (Phi) is 12.0. The van der Waals surface area contributed by atoms with Gasteiger partial charge in [0, 0.05) is 38.7 Å². The lowest BCUT2D eigenvalue weighted by atomic mass is 10.0. The Bertz CT molecular complexity index is 659. The fraction of sp³-hybridized carbons (Fsp3) is 0.708. The summed E-state index contributed by atoms with van der Waals surface area (Å²) in [6, 6.07) is 8.22. The van der Waals surface area contributed by atoms with E-state index >= 15 is 0 Å². The summed E-state index contributed by atoms with van der Waals surface area (Å²) in [6.07, 6.45) is 6.31. The van der Waals surface area contributed by atoms with E-state index in [4.69, 9.17) is 19.2 Å². The van der Waals surface area contributed by atoms with E-state index < -0.39 is 0 Å². The first kappa shape index (κ1) is 26.2. The number of hydrogen-bond acceptors (Lipinski definition) is 4. The van der Waals surface area contributed by atoms with E-state index in [-0.39, 0.29) is 24.0 Å². The van der Waals surface area contributed by atoms with Crippen molar-refractivity contribution in [3.05, 3.63) is 29.8 Å². The summed E-state index contributed by atoms with van der Waals surface area (Å²) in [7, 11) is 1.73. The summed E-state index contributed by atoms with van der Waals surface area (Å²) in [4.78, 5) is 7.32. The highest BCUT2D eigenvalue weighted by atomic mass is 127. The van der Waals surface area contributed by atoms with E-state index in [1.807, 2.05) is 12.1 Å². The molecule has 0 amide bonds. The molecule has 0 aliphatic carbocycles. The van der Waals surface area contributed by atoms with Gasteiger partial charge >= 0.3 is 0 Å². The molecule has 0 spiro atoms. The van der Waals surface area contributed by atoms with Gasteiger partial charge in [-0.2, -0.15) is 0 Å². The Morgan fingerprint density at radius 2 is 2.00 bits per heavy atom. The van der Waals surface area contributed by atoms with Crippen LogP contribution in [0.25, 0.3) is 0 Å². The Labute approximate surface area is 205 Å². The molecule has 2 aliphatic rings. The average Bonchev–Trinajstić information content (AvgIpc) is 2.81. The quantitative estimate of drug-likeness (QED) is 0.298. The molecule has 31 heavy (non-hydrogen) atoms. The Balaban J connectivity index is 0.00000341. The molecule has 2 heterocycles. The third kappa shape index (κ3) is 8.09. The van der Waals surface area contributed by atoms with Crippen LogP contribution in [0.2, 0.25) is 0 Å². The van der Waals surface area contributed by atoms with E-state index in [2.05, 4.69) is 36.2 Å². The number of likely N-dealkylation sites (tertiary alicyclic amines) is 1. The highest BCUT2D eigenvalue weighted by Crippen LogP contribution is 2.26. The third-order valence-electron chi connectivity index (χ3n) is 6.05. The zero-order valence-electron chi connectivity index (χ0n) is 19.3. The maximum absolute atomic E-state index is 6.17. The van der Waals surface area contributed by atoms with E-state index in [9.17, 15) is 0 Å². The van der Waals surface area contributed by atoms with Gasteiger partial charge in [-0.05, 0) is 50.7 Å². The van der Waals surface area contributed by atoms with Gasteiger partial charge in [0.05, 0.1) is 25.9 Å². The number of para-hydroxylation sites is 1. The topological polar surface area (TPSA) is 55.3 Å². The minimum Gasteiger partial charge on any atom is -0.496 e. The molecule has 1 N–H and O–H groups in total. The predicted octanol–water partition coefficient (Wildman–Crippen LogP) is 4.43. The van der Waals surface area contributed by atoms with Gasteiger partial charge in [0.25, 0.3) is 0 Å². The van der Waals surface area contributed by atoms with Crippen molar-refractivity contribution < 1.29 is 14.2 Å². The van der Waals surface area contributed by atoms with Gasteiger partial charge in [-0.15, -0.1) is 24.0 Å². The first-order chi connectivity index (χ1) is 14.7. The van der Waals surface area contributed by atoms with Crippen LogP contribution in [0.4, 0.5) is 0 Å². The van der Waals surface area contributed by atoms with Crippen molar-refractivity contribution in [1.82, 2.24) is 10.2 Å². The van der Waals surface area contributed by atoms with Crippen molar-refractivity contribution in [2.45, 2.75) is 64.1 Å². The summed E-state index contributed by atoms with van der Waals surface area (Å²) < 4.78 is 17.5. The minimum atomic E-state index is 0. The molecular weight excluding hydrogens is 505 g/mol. The lowest BCUT2D eigenvalue weighted by molar-refractivity contribution is -0.0721. The van der Waals surface area contributed by atoms with Gasteiger partial charge in [-0.1, -0.05) is 25.1 Å². The lowest BCUT2D eigenvalue weighted by Crippen LogP contribution is -2.47. The van der Waals surface area contributed by atoms with Crippen LogP contribution < -0.4 is 10.1 Å².